The molecule has 33 heavy (non-hydrogen) atoms. The number of aromatic nitrogens is 1. The fourth-order valence-electron chi connectivity index (χ4n) is 3.72. The molecule has 0 bridgehead atoms. The Morgan fingerprint density at radius 1 is 0.879 bits per heavy atom. The molecule has 3 aromatic rings. The Kier molecular flexibility index (Phi) is 6.13. The van der Waals surface area contributed by atoms with Crippen molar-refractivity contribution >= 4 is 23.1 Å². The first kappa shape index (κ1) is 22.1. The molecule has 168 valence electrons. The van der Waals surface area contributed by atoms with Crippen LogP contribution >= 0.6 is 0 Å². The quantitative estimate of drug-likeness (QED) is 0.554. The second-order valence-electron chi connectivity index (χ2n) is 7.79. The summed E-state index contributed by atoms with van der Waals surface area (Å²) in [4.78, 5) is 32.3. The number of ether oxygens (including phenoxy) is 2. The van der Waals surface area contributed by atoms with Crippen LogP contribution in [0.25, 0.3) is 5.57 Å². The maximum absolute atomic E-state index is 13.5. The zero-order valence-corrected chi connectivity index (χ0v) is 19.0. The van der Waals surface area contributed by atoms with E-state index in [-0.39, 0.29) is 18.1 Å². The molecule has 0 radical (unpaired) electrons. The molecular formula is C26H25N3O4. The molecule has 0 atom stereocenters. The van der Waals surface area contributed by atoms with Gasteiger partial charge < -0.3 is 14.8 Å². The van der Waals surface area contributed by atoms with Gasteiger partial charge in [0.1, 0.15) is 17.2 Å². The van der Waals surface area contributed by atoms with Gasteiger partial charge in [0.2, 0.25) is 0 Å². The molecule has 7 nitrogen and oxygen atoms in total. The number of nitrogens with zero attached hydrogens (tertiary/aromatic N) is 2. The normalized spacial score (nSPS) is 13.5. The third-order valence-electron chi connectivity index (χ3n) is 5.72. The Morgan fingerprint density at radius 2 is 1.64 bits per heavy atom. The molecule has 0 aliphatic carbocycles. The molecule has 2 heterocycles. The number of imide groups is 1. The Morgan fingerprint density at radius 3 is 2.30 bits per heavy atom. The zero-order valence-electron chi connectivity index (χ0n) is 19.0. The van der Waals surface area contributed by atoms with E-state index < -0.39 is 5.91 Å². The lowest BCUT2D eigenvalue weighted by Gasteiger charge is -2.16. The number of nitrogens with one attached hydrogen (secondary N) is 1. The summed E-state index contributed by atoms with van der Waals surface area (Å²) >= 11 is 0. The highest BCUT2D eigenvalue weighted by Crippen LogP contribution is 2.36. The molecule has 1 aliphatic heterocycles. The molecule has 0 saturated heterocycles. The maximum Gasteiger partial charge on any atom is 0.278 e. The minimum Gasteiger partial charge on any atom is -0.497 e. The van der Waals surface area contributed by atoms with Crippen molar-refractivity contribution in [2.45, 2.75) is 20.4 Å². The average molecular weight is 444 g/mol. The van der Waals surface area contributed by atoms with Gasteiger partial charge in [0, 0.05) is 18.5 Å². The van der Waals surface area contributed by atoms with Crippen LogP contribution in [0.4, 0.5) is 5.69 Å². The lowest BCUT2D eigenvalue weighted by atomic mass is 9.99. The van der Waals surface area contributed by atoms with E-state index in [1.165, 1.54) is 4.90 Å². The van der Waals surface area contributed by atoms with Crippen LogP contribution in [-0.4, -0.2) is 35.9 Å². The first-order valence-electron chi connectivity index (χ1n) is 10.5. The SMILES string of the molecule is COc1ccc(OC)c(NC2=C(c3ccc(C)c(C)c3)C(=O)N(Cc3ccncc3)C2=O)c1. The summed E-state index contributed by atoms with van der Waals surface area (Å²) in [5.41, 5.74) is 4.68. The van der Waals surface area contributed by atoms with Gasteiger partial charge in [-0.15, -0.1) is 0 Å². The van der Waals surface area contributed by atoms with E-state index >= 15 is 0 Å². The third-order valence-corrected chi connectivity index (χ3v) is 5.72. The van der Waals surface area contributed by atoms with Crippen LogP contribution in [0, 0.1) is 13.8 Å². The van der Waals surface area contributed by atoms with E-state index in [9.17, 15) is 9.59 Å². The molecule has 0 fully saturated rings. The van der Waals surface area contributed by atoms with E-state index in [4.69, 9.17) is 9.47 Å². The lowest BCUT2D eigenvalue weighted by molar-refractivity contribution is -0.137. The van der Waals surface area contributed by atoms with E-state index in [1.54, 1.807) is 56.9 Å². The minimum atomic E-state index is -0.407. The summed E-state index contributed by atoms with van der Waals surface area (Å²) in [5.74, 6) is 0.354. The van der Waals surface area contributed by atoms with Gasteiger partial charge in [0.05, 0.1) is 32.0 Å². The maximum atomic E-state index is 13.5. The van der Waals surface area contributed by atoms with Crippen molar-refractivity contribution in [1.29, 1.82) is 0 Å². The fraction of sp³-hybridized carbons (Fsp3) is 0.192. The summed E-state index contributed by atoms with van der Waals surface area (Å²) in [7, 11) is 3.11. The molecular weight excluding hydrogens is 418 g/mol. The van der Waals surface area contributed by atoms with Gasteiger partial charge in [-0.3, -0.25) is 19.5 Å². The second-order valence-corrected chi connectivity index (χ2v) is 7.79. The summed E-state index contributed by atoms with van der Waals surface area (Å²) < 4.78 is 10.8. The van der Waals surface area contributed by atoms with Gasteiger partial charge in [0.25, 0.3) is 11.8 Å². The molecule has 1 aliphatic rings. The van der Waals surface area contributed by atoms with Crippen LogP contribution < -0.4 is 14.8 Å². The molecule has 2 aromatic carbocycles. The van der Waals surface area contributed by atoms with Crippen molar-refractivity contribution in [3.63, 3.8) is 0 Å². The van der Waals surface area contributed by atoms with Crippen molar-refractivity contribution in [3.8, 4) is 11.5 Å². The number of hydrogen-bond acceptors (Lipinski definition) is 6. The molecule has 1 aromatic heterocycles. The summed E-state index contributed by atoms with van der Waals surface area (Å²) in [6.45, 7) is 4.13. The zero-order chi connectivity index (χ0) is 23.5. The predicted molar refractivity (Wildman–Crippen MR) is 126 cm³/mol. The number of methoxy groups -OCH3 is 2. The Hall–Kier alpha value is -4.13. The van der Waals surface area contributed by atoms with Crippen LogP contribution in [0.15, 0.2) is 66.6 Å². The highest BCUT2D eigenvalue weighted by atomic mass is 16.5. The second kappa shape index (κ2) is 9.16. The van der Waals surface area contributed by atoms with E-state index in [0.717, 1.165) is 16.7 Å². The molecule has 1 N–H and O–H groups in total. The molecule has 2 amide bonds. The number of benzene rings is 2. The predicted octanol–water partition coefficient (Wildman–Crippen LogP) is 4.11. The number of rotatable bonds is 7. The topological polar surface area (TPSA) is 80.8 Å². The van der Waals surface area contributed by atoms with E-state index in [1.807, 2.05) is 32.0 Å². The molecule has 0 saturated carbocycles. The molecule has 4 rings (SSSR count). The van der Waals surface area contributed by atoms with Gasteiger partial charge in [-0.1, -0.05) is 18.2 Å². The average Bonchev–Trinajstić information content (AvgIpc) is 3.05. The van der Waals surface area contributed by atoms with Crippen LogP contribution in [0.1, 0.15) is 22.3 Å². The number of carbonyl (C=O) groups is 2. The van der Waals surface area contributed by atoms with Crippen molar-refractivity contribution in [2.75, 3.05) is 19.5 Å². The minimum absolute atomic E-state index is 0.148. The number of anilines is 1. The molecule has 0 spiro atoms. The molecule has 7 heteroatoms. The number of amides is 2. The van der Waals surface area contributed by atoms with Gasteiger partial charge in [-0.25, -0.2) is 0 Å². The van der Waals surface area contributed by atoms with Crippen LogP contribution in [0.3, 0.4) is 0 Å². The van der Waals surface area contributed by atoms with Crippen LogP contribution in [0.5, 0.6) is 11.5 Å². The Labute approximate surface area is 192 Å². The number of hydrogen-bond donors (Lipinski definition) is 1. The summed E-state index contributed by atoms with van der Waals surface area (Å²) in [5, 5.41) is 3.16. The third kappa shape index (κ3) is 4.30. The van der Waals surface area contributed by atoms with Crippen LogP contribution in [-0.2, 0) is 16.1 Å². The van der Waals surface area contributed by atoms with Gasteiger partial charge in [0.15, 0.2) is 0 Å². The first-order valence-corrected chi connectivity index (χ1v) is 10.5. The van der Waals surface area contributed by atoms with Crippen molar-refractivity contribution < 1.29 is 19.1 Å². The summed E-state index contributed by atoms with van der Waals surface area (Å²) in [6.07, 6.45) is 3.27. The largest absolute Gasteiger partial charge is 0.497 e. The number of carbonyl (C=O) groups excluding carboxylic acids is 2. The highest BCUT2D eigenvalue weighted by molar-refractivity contribution is 6.36. The van der Waals surface area contributed by atoms with Crippen LogP contribution in [0.2, 0.25) is 0 Å². The standard InChI is InChI=1S/C26H25N3O4/c1-16-5-6-19(13-17(16)2)23-24(28-21-14-20(32-3)7-8-22(21)33-4)26(31)29(25(23)30)15-18-9-11-27-12-10-18/h5-14,28H,15H2,1-4H3. The Bertz CT molecular complexity index is 1250. The van der Waals surface area contributed by atoms with Gasteiger partial charge in [-0.05, 0) is 60.4 Å². The van der Waals surface area contributed by atoms with Crippen molar-refractivity contribution in [1.82, 2.24) is 9.88 Å². The van der Waals surface area contributed by atoms with Gasteiger partial charge >= 0.3 is 0 Å². The van der Waals surface area contributed by atoms with E-state index in [0.29, 0.717) is 28.3 Å². The lowest BCUT2D eigenvalue weighted by Crippen LogP contribution is -2.32. The summed E-state index contributed by atoms with van der Waals surface area (Å²) in [6, 6.07) is 14.5. The fourth-order valence-corrected chi connectivity index (χ4v) is 3.72. The first-order chi connectivity index (χ1) is 15.9. The van der Waals surface area contributed by atoms with Crippen molar-refractivity contribution in [3.05, 3.63) is 88.9 Å². The van der Waals surface area contributed by atoms with E-state index in [2.05, 4.69) is 10.3 Å². The molecule has 0 unspecified atom stereocenters. The monoisotopic (exact) mass is 443 g/mol. The van der Waals surface area contributed by atoms with Gasteiger partial charge in [-0.2, -0.15) is 0 Å². The smallest absolute Gasteiger partial charge is 0.278 e. The highest BCUT2D eigenvalue weighted by Gasteiger charge is 2.39. The Balaban J connectivity index is 1.81. The van der Waals surface area contributed by atoms with Crippen molar-refractivity contribution in [2.24, 2.45) is 0 Å². The number of pyridine rings is 1. The number of aryl methyl sites for hydroxylation is 2.